The van der Waals surface area contributed by atoms with Crippen molar-refractivity contribution >= 4 is 17.4 Å². The molecule has 0 bridgehead atoms. The van der Waals surface area contributed by atoms with E-state index in [1.165, 1.54) is 4.90 Å². The Morgan fingerprint density at radius 1 is 1.00 bits per heavy atom. The van der Waals surface area contributed by atoms with E-state index in [4.69, 9.17) is 9.47 Å². The standard InChI is InChI=1S/C27H23NO5/c1-17-6-5-9-19(14-17)25-24(21(29)12-10-18-7-3-2-4-8-18)26(30)27(31)28(25)20-11-13-22-23(15-20)33-16-32-22/h2-9,11,13-15,25,30H,10,12,16H2,1H3. The zero-order valence-corrected chi connectivity index (χ0v) is 18.2. The summed E-state index contributed by atoms with van der Waals surface area (Å²) >= 11 is 0. The predicted octanol–water partition coefficient (Wildman–Crippen LogP) is 4.83. The van der Waals surface area contributed by atoms with Crippen LogP contribution in [-0.4, -0.2) is 23.6 Å². The molecule has 0 saturated carbocycles. The quantitative estimate of drug-likeness (QED) is 0.593. The molecule has 5 rings (SSSR count). The molecular formula is C27H23NO5. The van der Waals surface area contributed by atoms with E-state index in [-0.39, 0.29) is 24.6 Å². The fourth-order valence-corrected chi connectivity index (χ4v) is 4.38. The number of hydrogen-bond donors (Lipinski definition) is 1. The number of anilines is 1. The highest BCUT2D eigenvalue weighted by molar-refractivity contribution is 6.16. The summed E-state index contributed by atoms with van der Waals surface area (Å²) in [7, 11) is 0. The lowest BCUT2D eigenvalue weighted by Crippen LogP contribution is -2.31. The molecule has 2 aliphatic heterocycles. The Morgan fingerprint density at radius 2 is 1.79 bits per heavy atom. The van der Waals surface area contributed by atoms with Crippen LogP contribution in [0.3, 0.4) is 0 Å². The van der Waals surface area contributed by atoms with Crippen molar-refractivity contribution in [3.63, 3.8) is 0 Å². The lowest BCUT2D eigenvalue weighted by atomic mass is 9.92. The van der Waals surface area contributed by atoms with Crippen LogP contribution in [0.15, 0.2) is 84.1 Å². The molecule has 3 aromatic rings. The van der Waals surface area contributed by atoms with Gasteiger partial charge in [-0.2, -0.15) is 0 Å². The van der Waals surface area contributed by atoms with Gasteiger partial charge in [0.15, 0.2) is 23.0 Å². The normalized spacial score (nSPS) is 17.1. The highest BCUT2D eigenvalue weighted by atomic mass is 16.7. The molecule has 0 aromatic heterocycles. The van der Waals surface area contributed by atoms with Crippen molar-refractivity contribution in [3.8, 4) is 11.5 Å². The van der Waals surface area contributed by atoms with Gasteiger partial charge in [0.25, 0.3) is 5.91 Å². The number of aryl methyl sites for hydroxylation is 2. The van der Waals surface area contributed by atoms with Gasteiger partial charge in [0.2, 0.25) is 6.79 Å². The summed E-state index contributed by atoms with van der Waals surface area (Å²) in [5.41, 5.74) is 3.42. The van der Waals surface area contributed by atoms with E-state index >= 15 is 0 Å². The van der Waals surface area contributed by atoms with Crippen LogP contribution in [-0.2, 0) is 16.0 Å². The minimum absolute atomic E-state index is 0.112. The summed E-state index contributed by atoms with van der Waals surface area (Å²) in [5, 5.41) is 10.9. The maximum absolute atomic E-state index is 13.4. The van der Waals surface area contributed by atoms with Crippen molar-refractivity contribution in [1.29, 1.82) is 0 Å². The van der Waals surface area contributed by atoms with Gasteiger partial charge in [-0.05, 0) is 36.6 Å². The van der Waals surface area contributed by atoms with Crippen molar-refractivity contribution < 1.29 is 24.2 Å². The number of carbonyl (C=O) groups excluding carboxylic acids is 2. The lowest BCUT2D eigenvalue weighted by Gasteiger charge is -2.27. The molecule has 0 saturated heterocycles. The van der Waals surface area contributed by atoms with Gasteiger partial charge in [-0.25, -0.2) is 0 Å². The Kier molecular flexibility index (Phi) is 5.34. The molecule has 0 radical (unpaired) electrons. The van der Waals surface area contributed by atoms with Crippen molar-refractivity contribution in [2.45, 2.75) is 25.8 Å². The Hall–Kier alpha value is -4.06. The number of amides is 1. The van der Waals surface area contributed by atoms with E-state index in [0.29, 0.717) is 23.6 Å². The summed E-state index contributed by atoms with van der Waals surface area (Å²) in [4.78, 5) is 28.1. The third-order valence-corrected chi connectivity index (χ3v) is 5.98. The number of hydrogen-bond acceptors (Lipinski definition) is 5. The van der Waals surface area contributed by atoms with Gasteiger partial charge in [0.05, 0.1) is 11.6 Å². The molecule has 3 aromatic carbocycles. The van der Waals surface area contributed by atoms with Crippen molar-refractivity contribution in [1.82, 2.24) is 0 Å². The third kappa shape index (κ3) is 3.84. The summed E-state index contributed by atoms with van der Waals surface area (Å²) in [5.74, 6) is -0.249. The minimum Gasteiger partial charge on any atom is -0.503 e. The first-order valence-electron chi connectivity index (χ1n) is 10.8. The Labute approximate surface area is 191 Å². The molecule has 6 heteroatoms. The van der Waals surface area contributed by atoms with Gasteiger partial charge >= 0.3 is 0 Å². The molecule has 1 atom stereocenters. The monoisotopic (exact) mass is 441 g/mol. The number of aliphatic hydroxyl groups is 1. The van der Waals surface area contributed by atoms with Gasteiger partial charge in [0.1, 0.15) is 0 Å². The van der Waals surface area contributed by atoms with Gasteiger partial charge in [-0.1, -0.05) is 60.2 Å². The zero-order valence-electron chi connectivity index (χ0n) is 18.2. The van der Waals surface area contributed by atoms with Crippen LogP contribution in [0.1, 0.15) is 29.2 Å². The molecule has 0 spiro atoms. The highest BCUT2D eigenvalue weighted by Crippen LogP contribution is 2.44. The van der Waals surface area contributed by atoms with Gasteiger partial charge < -0.3 is 14.6 Å². The van der Waals surface area contributed by atoms with E-state index in [9.17, 15) is 14.7 Å². The number of fused-ring (bicyclic) bond motifs is 1. The van der Waals surface area contributed by atoms with Crippen molar-refractivity contribution in [2.75, 3.05) is 11.7 Å². The Balaban J connectivity index is 1.54. The average Bonchev–Trinajstić information content (AvgIpc) is 3.40. The molecule has 1 N–H and O–H groups in total. The number of ketones is 1. The summed E-state index contributed by atoms with van der Waals surface area (Å²) in [6.07, 6.45) is 0.711. The molecule has 0 aliphatic carbocycles. The maximum Gasteiger partial charge on any atom is 0.294 e. The number of ether oxygens (including phenoxy) is 2. The highest BCUT2D eigenvalue weighted by Gasteiger charge is 2.44. The summed E-state index contributed by atoms with van der Waals surface area (Å²) < 4.78 is 10.9. The van der Waals surface area contributed by atoms with E-state index in [2.05, 4.69) is 0 Å². The van der Waals surface area contributed by atoms with Crippen LogP contribution < -0.4 is 14.4 Å². The number of rotatable bonds is 6. The molecular weight excluding hydrogens is 418 g/mol. The zero-order chi connectivity index (χ0) is 22.9. The number of nitrogens with zero attached hydrogens (tertiary/aromatic N) is 1. The molecule has 6 nitrogen and oxygen atoms in total. The van der Waals surface area contributed by atoms with Gasteiger partial charge in [0, 0.05) is 18.2 Å². The number of Topliss-reactive ketones (excluding diaryl/α,β-unsaturated/α-hetero) is 1. The van der Waals surface area contributed by atoms with E-state index < -0.39 is 17.7 Å². The second kappa shape index (κ2) is 8.47. The maximum atomic E-state index is 13.4. The van der Waals surface area contributed by atoms with Crippen LogP contribution in [0.25, 0.3) is 0 Å². The average molecular weight is 441 g/mol. The van der Waals surface area contributed by atoms with Crippen LogP contribution in [0.5, 0.6) is 11.5 Å². The van der Waals surface area contributed by atoms with Gasteiger partial charge in [-0.3, -0.25) is 14.5 Å². The molecule has 1 amide bonds. The smallest absolute Gasteiger partial charge is 0.294 e. The lowest BCUT2D eigenvalue weighted by molar-refractivity contribution is -0.118. The van der Waals surface area contributed by atoms with E-state index in [1.807, 2.05) is 61.5 Å². The fourth-order valence-electron chi connectivity index (χ4n) is 4.38. The first-order valence-corrected chi connectivity index (χ1v) is 10.8. The van der Waals surface area contributed by atoms with Gasteiger partial charge in [-0.15, -0.1) is 0 Å². The molecule has 1 unspecified atom stereocenters. The first kappa shape index (κ1) is 20.8. The van der Waals surface area contributed by atoms with Crippen LogP contribution >= 0.6 is 0 Å². The second-order valence-corrected chi connectivity index (χ2v) is 8.20. The van der Waals surface area contributed by atoms with E-state index in [1.54, 1.807) is 18.2 Å². The molecule has 0 fully saturated rings. The minimum atomic E-state index is -0.735. The predicted molar refractivity (Wildman–Crippen MR) is 123 cm³/mol. The first-order chi connectivity index (χ1) is 16.0. The number of aliphatic hydroxyl groups excluding tert-OH is 1. The van der Waals surface area contributed by atoms with Crippen molar-refractivity contribution in [3.05, 3.63) is 101 Å². The Morgan fingerprint density at radius 3 is 2.58 bits per heavy atom. The third-order valence-electron chi connectivity index (χ3n) is 5.98. The summed E-state index contributed by atoms with van der Waals surface area (Å²) in [6.45, 7) is 2.06. The van der Waals surface area contributed by atoms with Crippen LogP contribution in [0.2, 0.25) is 0 Å². The topological polar surface area (TPSA) is 76.1 Å². The van der Waals surface area contributed by atoms with E-state index in [0.717, 1.165) is 16.7 Å². The van der Waals surface area contributed by atoms with Crippen LogP contribution in [0.4, 0.5) is 5.69 Å². The number of benzene rings is 3. The van der Waals surface area contributed by atoms with Crippen LogP contribution in [0, 0.1) is 6.92 Å². The molecule has 2 aliphatic rings. The SMILES string of the molecule is Cc1cccc(C2C(C(=O)CCc3ccccc3)=C(O)C(=O)N2c2ccc3c(c2)OCO3)c1. The number of carbonyl (C=O) groups is 2. The molecule has 2 heterocycles. The molecule has 33 heavy (non-hydrogen) atoms. The fraction of sp³-hybridized carbons (Fsp3) is 0.185. The second-order valence-electron chi connectivity index (χ2n) is 8.20. The largest absolute Gasteiger partial charge is 0.503 e. The summed E-state index contributed by atoms with van der Waals surface area (Å²) in [6, 6.07) is 21.7. The Bertz CT molecular complexity index is 1260. The molecule has 166 valence electrons. The van der Waals surface area contributed by atoms with Crippen molar-refractivity contribution in [2.24, 2.45) is 0 Å².